The number of phenols is 1. The number of hydrogen-bond donors (Lipinski definition) is 1. The number of benzene rings is 3. The number of aromatic nitrogens is 1. The zero-order chi connectivity index (χ0) is 21.6. The highest BCUT2D eigenvalue weighted by atomic mass is 79.9. The van der Waals surface area contributed by atoms with Crippen LogP contribution >= 0.6 is 39.1 Å². The van der Waals surface area contributed by atoms with Crippen LogP contribution in [0.4, 0.5) is 0 Å². The number of nitrogens with zero attached hydrogens (tertiary/aromatic N) is 1. The lowest BCUT2D eigenvalue weighted by Crippen LogP contribution is -2.14. The van der Waals surface area contributed by atoms with E-state index in [2.05, 4.69) is 15.9 Å². The Kier molecular flexibility index (Phi) is 5.48. The summed E-state index contributed by atoms with van der Waals surface area (Å²) in [5.74, 6) is 0.125. The minimum atomic E-state index is -4.23. The molecule has 9 heteroatoms. The maximum absolute atomic E-state index is 13.7. The van der Waals surface area contributed by atoms with Crippen molar-refractivity contribution in [3.8, 4) is 22.8 Å². The summed E-state index contributed by atoms with van der Waals surface area (Å²) in [6.45, 7) is 0. The number of fused-ring (bicyclic) bond motifs is 1. The standard InChI is InChI=1S/C21H14BrCl2NO4S/c1-29-16-5-2-12(3-6-16)19-9-13-8-15(23)4-7-18(13)25(19)30(27,28)20-11-14(22)10-17(24)21(20)26/h2-11,26H,1H3. The molecule has 0 unspecified atom stereocenters. The molecule has 0 saturated carbocycles. The third-order valence-corrected chi connectivity index (χ3v) is 7.34. The molecule has 0 radical (unpaired) electrons. The van der Waals surface area contributed by atoms with Crippen molar-refractivity contribution in [1.29, 1.82) is 0 Å². The lowest BCUT2D eigenvalue weighted by Gasteiger charge is -2.14. The number of rotatable bonds is 4. The first kappa shape index (κ1) is 21.1. The Morgan fingerprint density at radius 3 is 2.37 bits per heavy atom. The summed E-state index contributed by atoms with van der Waals surface area (Å²) in [4.78, 5) is -0.316. The fourth-order valence-electron chi connectivity index (χ4n) is 3.22. The van der Waals surface area contributed by atoms with Crippen molar-refractivity contribution in [1.82, 2.24) is 3.97 Å². The third-order valence-electron chi connectivity index (χ3n) is 4.62. The summed E-state index contributed by atoms with van der Waals surface area (Å²) in [7, 11) is -2.67. The van der Waals surface area contributed by atoms with E-state index in [1.807, 2.05) is 0 Å². The summed E-state index contributed by atoms with van der Waals surface area (Å²) in [6.07, 6.45) is 0. The molecular formula is C21H14BrCl2NO4S. The van der Waals surface area contributed by atoms with Crippen molar-refractivity contribution >= 4 is 60.1 Å². The van der Waals surface area contributed by atoms with Gasteiger partial charge >= 0.3 is 0 Å². The number of ether oxygens (including phenoxy) is 1. The van der Waals surface area contributed by atoms with Crippen LogP contribution in [-0.4, -0.2) is 24.6 Å². The van der Waals surface area contributed by atoms with E-state index in [9.17, 15) is 13.5 Å². The zero-order valence-electron chi connectivity index (χ0n) is 15.4. The van der Waals surface area contributed by atoms with Crippen molar-refractivity contribution in [3.63, 3.8) is 0 Å². The molecule has 0 aliphatic rings. The Morgan fingerprint density at radius 2 is 1.70 bits per heavy atom. The van der Waals surface area contributed by atoms with Crippen LogP contribution in [0.25, 0.3) is 22.2 Å². The second-order valence-electron chi connectivity index (χ2n) is 6.47. The van der Waals surface area contributed by atoms with Crippen LogP contribution in [-0.2, 0) is 10.0 Å². The van der Waals surface area contributed by atoms with E-state index >= 15 is 0 Å². The lowest BCUT2D eigenvalue weighted by molar-refractivity contribution is 0.415. The molecule has 4 rings (SSSR count). The van der Waals surface area contributed by atoms with Crippen LogP contribution in [0.1, 0.15) is 0 Å². The summed E-state index contributed by atoms with van der Waals surface area (Å²) < 4.78 is 34.2. The first-order valence-electron chi connectivity index (χ1n) is 8.61. The molecule has 0 amide bonds. The van der Waals surface area contributed by atoms with Crippen LogP contribution < -0.4 is 4.74 Å². The fraction of sp³-hybridized carbons (Fsp3) is 0.0476. The van der Waals surface area contributed by atoms with E-state index in [1.54, 1.807) is 55.6 Å². The molecule has 1 aromatic heterocycles. The van der Waals surface area contributed by atoms with Crippen LogP contribution in [0.5, 0.6) is 11.5 Å². The van der Waals surface area contributed by atoms with Gasteiger partial charge in [-0.3, -0.25) is 0 Å². The molecule has 0 aliphatic heterocycles. The Hall–Kier alpha value is -2.19. The normalized spacial score (nSPS) is 11.7. The highest BCUT2D eigenvalue weighted by molar-refractivity contribution is 9.10. The predicted molar refractivity (Wildman–Crippen MR) is 122 cm³/mol. The molecule has 1 heterocycles. The number of phenolic OH excluding ortho intramolecular Hbond substituents is 1. The average Bonchev–Trinajstić information content (AvgIpc) is 3.10. The summed E-state index contributed by atoms with van der Waals surface area (Å²) >= 11 is 15.4. The van der Waals surface area contributed by atoms with Crippen molar-refractivity contribution in [2.24, 2.45) is 0 Å². The minimum Gasteiger partial charge on any atom is -0.505 e. The van der Waals surface area contributed by atoms with E-state index in [4.69, 9.17) is 27.9 Å². The van der Waals surface area contributed by atoms with E-state index in [0.717, 1.165) is 0 Å². The van der Waals surface area contributed by atoms with Crippen molar-refractivity contribution in [2.45, 2.75) is 4.90 Å². The molecule has 30 heavy (non-hydrogen) atoms. The molecule has 0 atom stereocenters. The third kappa shape index (κ3) is 3.56. The van der Waals surface area contributed by atoms with Gasteiger partial charge in [-0.25, -0.2) is 12.4 Å². The van der Waals surface area contributed by atoms with Crippen LogP contribution in [0.2, 0.25) is 10.0 Å². The smallest absolute Gasteiger partial charge is 0.272 e. The van der Waals surface area contributed by atoms with Gasteiger partial charge in [-0.1, -0.05) is 39.1 Å². The largest absolute Gasteiger partial charge is 0.505 e. The van der Waals surface area contributed by atoms with Crippen LogP contribution in [0, 0.1) is 0 Å². The summed E-state index contributed by atoms with van der Waals surface area (Å²) in [5.41, 5.74) is 1.47. The molecule has 4 aromatic rings. The van der Waals surface area contributed by atoms with Crippen LogP contribution in [0.3, 0.4) is 0 Å². The van der Waals surface area contributed by atoms with Crippen molar-refractivity contribution in [3.05, 3.63) is 75.2 Å². The van der Waals surface area contributed by atoms with Gasteiger partial charge in [0.05, 0.1) is 23.3 Å². The van der Waals surface area contributed by atoms with Gasteiger partial charge in [0, 0.05) is 14.9 Å². The van der Waals surface area contributed by atoms with E-state index in [-0.39, 0.29) is 9.92 Å². The highest BCUT2D eigenvalue weighted by Crippen LogP contribution is 2.39. The van der Waals surface area contributed by atoms with Gasteiger partial charge in [-0.05, 0) is 66.2 Å². The van der Waals surface area contributed by atoms with Gasteiger partial charge in [0.15, 0.2) is 5.75 Å². The Balaban J connectivity index is 2.06. The van der Waals surface area contributed by atoms with Crippen molar-refractivity contribution in [2.75, 3.05) is 7.11 Å². The monoisotopic (exact) mass is 525 g/mol. The van der Waals surface area contributed by atoms with Gasteiger partial charge < -0.3 is 9.84 Å². The maximum atomic E-state index is 13.7. The second kappa shape index (κ2) is 7.81. The number of methoxy groups -OCH3 is 1. The lowest BCUT2D eigenvalue weighted by atomic mass is 10.1. The number of hydrogen-bond acceptors (Lipinski definition) is 4. The summed E-state index contributed by atoms with van der Waals surface area (Å²) in [6, 6.07) is 16.4. The molecule has 0 aliphatic carbocycles. The molecule has 0 saturated heterocycles. The molecule has 3 aromatic carbocycles. The van der Waals surface area contributed by atoms with Crippen LogP contribution in [0.15, 0.2) is 70.0 Å². The Bertz CT molecular complexity index is 1380. The quantitative estimate of drug-likeness (QED) is 0.337. The SMILES string of the molecule is COc1ccc(-c2cc3cc(Cl)ccc3n2S(=O)(=O)c2cc(Br)cc(Cl)c2O)cc1. The highest BCUT2D eigenvalue weighted by Gasteiger charge is 2.28. The zero-order valence-corrected chi connectivity index (χ0v) is 19.3. The number of halogens is 3. The van der Waals surface area contributed by atoms with Crippen molar-refractivity contribution < 1.29 is 18.3 Å². The van der Waals surface area contributed by atoms with Gasteiger partial charge in [0.2, 0.25) is 0 Å². The first-order chi connectivity index (χ1) is 14.2. The van der Waals surface area contributed by atoms with Gasteiger partial charge in [0.1, 0.15) is 10.6 Å². The van der Waals surface area contributed by atoms with Gasteiger partial charge in [-0.2, -0.15) is 0 Å². The predicted octanol–water partition coefficient (Wildman–Crippen LogP) is 6.33. The second-order valence-corrected chi connectivity index (χ2v) is 9.98. The molecule has 0 bridgehead atoms. The van der Waals surface area contributed by atoms with Gasteiger partial charge in [-0.15, -0.1) is 0 Å². The summed E-state index contributed by atoms with van der Waals surface area (Å²) in [5, 5.41) is 11.5. The average molecular weight is 527 g/mol. The molecule has 5 nitrogen and oxygen atoms in total. The maximum Gasteiger partial charge on any atom is 0.272 e. The van der Waals surface area contributed by atoms with E-state index < -0.39 is 15.8 Å². The number of aromatic hydroxyl groups is 1. The first-order valence-corrected chi connectivity index (χ1v) is 11.6. The Labute approximate surface area is 191 Å². The minimum absolute atomic E-state index is 0.0755. The van der Waals surface area contributed by atoms with E-state index in [0.29, 0.717) is 37.4 Å². The topological polar surface area (TPSA) is 68.5 Å². The van der Waals surface area contributed by atoms with E-state index in [1.165, 1.54) is 16.1 Å². The molecular weight excluding hydrogens is 513 g/mol. The molecule has 154 valence electrons. The molecule has 0 spiro atoms. The van der Waals surface area contributed by atoms with Gasteiger partial charge in [0.25, 0.3) is 10.0 Å². The fourth-order valence-corrected chi connectivity index (χ4v) is 6.09. The molecule has 0 fully saturated rings. The Morgan fingerprint density at radius 1 is 1.00 bits per heavy atom. The molecule has 1 N–H and O–H groups in total.